The molecule has 0 aliphatic rings. The van der Waals surface area contributed by atoms with Gasteiger partial charge in [0.15, 0.2) is 0 Å². The second kappa shape index (κ2) is 24.9. The van der Waals surface area contributed by atoms with E-state index in [4.69, 9.17) is 29.9 Å². The van der Waals surface area contributed by atoms with Crippen molar-refractivity contribution in [3.05, 3.63) is 82.6 Å². The first-order chi connectivity index (χ1) is 23.2. The van der Waals surface area contributed by atoms with Crippen molar-refractivity contribution >= 4 is 54.8 Å². The van der Waals surface area contributed by atoms with Crippen LogP contribution in [0.15, 0.2) is 71.4 Å². The third-order valence-corrected chi connectivity index (χ3v) is 8.89. The molecule has 2 aromatic carbocycles. The van der Waals surface area contributed by atoms with Gasteiger partial charge in [0.2, 0.25) is 0 Å². The summed E-state index contributed by atoms with van der Waals surface area (Å²) >= 11 is 3.57. The van der Waals surface area contributed by atoms with E-state index >= 15 is 0 Å². The third kappa shape index (κ3) is 18.4. The minimum Gasteiger partial charge on any atom is -0.478 e. The van der Waals surface area contributed by atoms with Crippen LogP contribution in [0.3, 0.4) is 0 Å². The van der Waals surface area contributed by atoms with Gasteiger partial charge in [0.05, 0.1) is 26.4 Å². The number of benzene rings is 2. The normalized spacial score (nSPS) is 11.2. The molecular formula is C36H50N2O8S2. The van der Waals surface area contributed by atoms with E-state index < -0.39 is 11.9 Å². The Morgan fingerprint density at radius 1 is 0.646 bits per heavy atom. The predicted molar refractivity (Wildman–Crippen MR) is 196 cm³/mol. The maximum atomic E-state index is 9.55. The zero-order valence-electron chi connectivity index (χ0n) is 28.0. The summed E-state index contributed by atoms with van der Waals surface area (Å²) in [6.45, 7) is 7.00. The topological polar surface area (TPSA) is 140 Å². The summed E-state index contributed by atoms with van der Waals surface area (Å²) in [6.07, 6.45) is 5.08. The number of carbonyl (C=O) groups is 2. The highest BCUT2D eigenvalue weighted by atomic mass is 32.1. The quantitative estimate of drug-likeness (QED) is 0.0713. The van der Waals surface area contributed by atoms with Gasteiger partial charge in [-0.2, -0.15) is 0 Å². The molecular weight excluding hydrogens is 653 g/mol. The Morgan fingerprint density at radius 3 is 1.44 bits per heavy atom. The number of carboxylic acid groups (broad SMARTS) is 2. The Bertz CT molecular complexity index is 1380. The number of carboxylic acids is 2. The number of aliphatic hydroxyl groups excluding tert-OH is 2. The maximum Gasteiger partial charge on any atom is 0.328 e. The number of hydrogen-bond acceptors (Lipinski definition) is 10. The summed E-state index contributed by atoms with van der Waals surface area (Å²) in [5.41, 5.74) is 2.68. The van der Waals surface area contributed by atoms with Crippen molar-refractivity contribution in [3.8, 4) is 0 Å². The van der Waals surface area contributed by atoms with Gasteiger partial charge in [-0.25, -0.2) is 9.59 Å². The molecule has 264 valence electrons. The van der Waals surface area contributed by atoms with E-state index in [1.54, 1.807) is 22.7 Å². The molecule has 0 spiro atoms. The smallest absolute Gasteiger partial charge is 0.328 e. The molecule has 0 atom stereocenters. The van der Waals surface area contributed by atoms with Crippen LogP contribution < -0.4 is 0 Å². The van der Waals surface area contributed by atoms with Gasteiger partial charge in [-0.15, -0.1) is 22.7 Å². The SMILES string of the molecule is CN(CCO)CCCOCCc1ccc2sccc2c1.CN(CCO)CCCOCCc1ccc2sccc2c1.O=C(O)/C=C/C(=O)O. The summed E-state index contributed by atoms with van der Waals surface area (Å²) in [6, 6.07) is 17.6. The van der Waals surface area contributed by atoms with E-state index in [0.29, 0.717) is 12.2 Å². The Morgan fingerprint density at radius 2 is 1.06 bits per heavy atom. The summed E-state index contributed by atoms with van der Waals surface area (Å²) in [7, 11) is 4.04. The molecule has 0 aliphatic heterocycles. The van der Waals surface area contributed by atoms with E-state index in [1.165, 1.54) is 31.3 Å². The van der Waals surface area contributed by atoms with E-state index in [-0.39, 0.29) is 13.2 Å². The highest BCUT2D eigenvalue weighted by Gasteiger charge is 2.01. The second-order valence-electron chi connectivity index (χ2n) is 11.1. The van der Waals surface area contributed by atoms with Crippen molar-refractivity contribution in [2.45, 2.75) is 25.7 Å². The molecule has 0 amide bonds. The van der Waals surface area contributed by atoms with Crippen LogP contribution in [0, 0.1) is 0 Å². The second-order valence-corrected chi connectivity index (χ2v) is 13.0. The van der Waals surface area contributed by atoms with Crippen molar-refractivity contribution in [2.24, 2.45) is 0 Å². The molecule has 0 radical (unpaired) electrons. The summed E-state index contributed by atoms with van der Waals surface area (Å²) in [5.74, 6) is -2.51. The molecule has 0 saturated heterocycles. The molecule has 10 nitrogen and oxygen atoms in total. The van der Waals surface area contributed by atoms with Gasteiger partial charge in [-0.05, 0) is 96.7 Å². The molecule has 4 N–H and O–H groups in total. The zero-order valence-corrected chi connectivity index (χ0v) is 29.6. The number of aliphatic hydroxyl groups is 2. The van der Waals surface area contributed by atoms with Gasteiger partial charge in [0.25, 0.3) is 0 Å². The lowest BCUT2D eigenvalue weighted by molar-refractivity contribution is -0.134. The van der Waals surface area contributed by atoms with Crippen LogP contribution in [0.2, 0.25) is 0 Å². The standard InChI is InChI=1S/2C16H23NO2S.C4H4O4/c2*1-17(8-9-18)7-2-10-19-11-5-14-3-4-16-15(13-14)6-12-20-16;5-3(6)1-2-4(7)8/h2*3-4,6,12-13,18H,2,5,7-11H2,1H3;1-2H,(H,5,6)(H,7,8)/b;;2-1+. The first-order valence-electron chi connectivity index (χ1n) is 16.0. The Balaban J connectivity index is 0.000000274. The molecule has 4 rings (SSSR count). The zero-order chi connectivity index (χ0) is 35.0. The van der Waals surface area contributed by atoms with Crippen LogP contribution in [0.25, 0.3) is 20.2 Å². The number of nitrogens with zero attached hydrogens (tertiary/aromatic N) is 2. The molecule has 4 aromatic rings. The Kier molecular flexibility index (Phi) is 21.2. The number of thiophene rings is 2. The predicted octanol–water partition coefficient (Wildman–Crippen LogP) is 5.26. The molecule has 0 aliphatic carbocycles. The molecule has 48 heavy (non-hydrogen) atoms. The number of ether oxygens (including phenoxy) is 2. The lowest BCUT2D eigenvalue weighted by Gasteiger charge is -2.14. The summed E-state index contributed by atoms with van der Waals surface area (Å²) in [4.78, 5) is 23.3. The summed E-state index contributed by atoms with van der Waals surface area (Å²) in [5, 5.41) is 40.1. The van der Waals surface area contributed by atoms with E-state index in [2.05, 4.69) is 69.1 Å². The molecule has 2 heterocycles. The van der Waals surface area contributed by atoms with Crippen molar-refractivity contribution in [1.29, 1.82) is 0 Å². The van der Waals surface area contributed by atoms with Crippen molar-refractivity contribution in [1.82, 2.24) is 9.80 Å². The van der Waals surface area contributed by atoms with E-state index in [0.717, 1.165) is 78.3 Å². The molecule has 2 aromatic heterocycles. The first kappa shape index (κ1) is 41.0. The van der Waals surface area contributed by atoms with Gasteiger partial charge in [0, 0.05) is 60.9 Å². The van der Waals surface area contributed by atoms with Crippen molar-refractivity contribution < 1.29 is 39.5 Å². The van der Waals surface area contributed by atoms with E-state index in [9.17, 15) is 9.59 Å². The molecule has 0 fully saturated rings. The lowest BCUT2D eigenvalue weighted by Crippen LogP contribution is -2.24. The monoisotopic (exact) mass is 702 g/mol. The highest BCUT2D eigenvalue weighted by Crippen LogP contribution is 2.23. The van der Waals surface area contributed by atoms with Gasteiger partial charge >= 0.3 is 11.9 Å². The molecule has 12 heteroatoms. The number of fused-ring (bicyclic) bond motifs is 2. The van der Waals surface area contributed by atoms with Crippen LogP contribution >= 0.6 is 22.7 Å². The Labute approximate surface area is 291 Å². The fraction of sp³-hybridized carbons (Fsp3) is 0.444. The van der Waals surface area contributed by atoms with Crippen LogP contribution in [-0.2, 0) is 31.9 Å². The van der Waals surface area contributed by atoms with Crippen LogP contribution in [0.4, 0.5) is 0 Å². The van der Waals surface area contributed by atoms with Crippen LogP contribution in [-0.4, -0.2) is 122 Å². The van der Waals surface area contributed by atoms with Crippen LogP contribution in [0.5, 0.6) is 0 Å². The molecule has 0 unspecified atom stereocenters. The first-order valence-corrected chi connectivity index (χ1v) is 17.8. The van der Waals surface area contributed by atoms with Gasteiger partial charge < -0.3 is 39.7 Å². The lowest BCUT2D eigenvalue weighted by atomic mass is 10.1. The highest BCUT2D eigenvalue weighted by molar-refractivity contribution is 7.17. The largest absolute Gasteiger partial charge is 0.478 e. The average molecular weight is 703 g/mol. The third-order valence-electron chi connectivity index (χ3n) is 7.09. The fourth-order valence-corrected chi connectivity index (χ4v) is 6.05. The fourth-order valence-electron chi connectivity index (χ4n) is 4.51. The molecule has 0 bridgehead atoms. The summed E-state index contributed by atoms with van der Waals surface area (Å²) < 4.78 is 14.0. The van der Waals surface area contributed by atoms with Crippen molar-refractivity contribution in [3.63, 3.8) is 0 Å². The minimum absolute atomic E-state index is 0.225. The Hall–Kier alpha value is -3.20. The number of likely N-dealkylation sites (N-methyl/N-ethyl adjacent to an activating group) is 2. The minimum atomic E-state index is -1.26. The van der Waals surface area contributed by atoms with Crippen molar-refractivity contribution in [2.75, 3.05) is 79.9 Å². The van der Waals surface area contributed by atoms with Gasteiger partial charge in [0.1, 0.15) is 0 Å². The van der Waals surface area contributed by atoms with Gasteiger partial charge in [-0.1, -0.05) is 24.3 Å². The van der Waals surface area contributed by atoms with E-state index in [1.807, 2.05) is 14.1 Å². The average Bonchev–Trinajstić information content (AvgIpc) is 3.73. The number of rotatable bonds is 20. The number of aliphatic carboxylic acids is 2. The van der Waals surface area contributed by atoms with Gasteiger partial charge in [-0.3, -0.25) is 0 Å². The van der Waals surface area contributed by atoms with Crippen LogP contribution in [0.1, 0.15) is 24.0 Å². The maximum absolute atomic E-state index is 9.55. The number of hydrogen-bond donors (Lipinski definition) is 4. The molecule has 0 saturated carbocycles.